The number of amides is 3. The Kier molecular flexibility index (Phi) is 5.91. The molecule has 0 aromatic carbocycles. The highest BCUT2D eigenvalue weighted by Gasteiger charge is 2.59. The molecule has 3 fully saturated rings. The Labute approximate surface area is 164 Å². The molecule has 3 aliphatic rings. The minimum atomic E-state index is -5.12. The lowest BCUT2D eigenvalue weighted by atomic mass is 9.70. The summed E-state index contributed by atoms with van der Waals surface area (Å²) in [5, 5.41) is 22.4. The normalized spacial score (nSPS) is 37.3. The summed E-state index contributed by atoms with van der Waals surface area (Å²) in [6.07, 6.45) is -8.97. The first-order valence-corrected chi connectivity index (χ1v) is 9.23. The van der Waals surface area contributed by atoms with Crippen LogP contribution in [0.3, 0.4) is 0 Å². The number of fused-ring (bicyclic) bond motifs is 2. The number of nitrogens with one attached hydrogen (secondary N) is 1. The zero-order chi connectivity index (χ0) is 21.6. The molecule has 0 spiro atoms. The Balaban J connectivity index is 1.55. The monoisotopic (exact) mass is 424 g/mol. The molecule has 6 atom stereocenters. The molecule has 2 heterocycles. The molecule has 1 saturated carbocycles. The topological polar surface area (TPSA) is 125 Å². The van der Waals surface area contributed by atoms with Gasteiger partial charge in [0.25, 0.3) is 0 Å². The van der Waals surface area contributed by atoms with Crippen LogP contribution in [0.15, 0.2) is 0 Å². The van der Waals surface area contributed by atoms with Crippen molar-refractivity contribution >= 4 is 17.7 Å². The molecule has 0 radical (unpaired) electrons. The largest absolute Gasteiger partial charge is 0.471 e. The predicted molar refractivity (Wildman–Crippen MR) is 88.1 cm³/mol. The zero-order valence-electron chi connectivity index (χ0n) is 15.6. The summed E-state index contributed by atoms with van der Waals surface area (Å²) in [7, 11) is 0. The van der Waals surface area contributed by atoms with Crippen LogP contribution >= 0.6 is 0 Å². The van der Waals surface area contributed by atoms with Gasteiger partial charge in [-0.1, -0.05) is 6.92 Å². The molecule has 12 heteroatoms. The van der Waals surface area contributed by atoms with Crippen molar-refractivity contribution in [2.45, 2.75) is 50.3 Å². The molecule has 29 heavy (non-hydrogen) atoms. The van der Waals surface area contributed by atoms with Gasteiger partial charge < -0.3 is 25.0 Å². The van der Waals surface area contributed by atoms with E-state index in [4.69, 9.17) is 9.47 Å². The number of imide groups is 1. The molecule has 3 N–H and O–H groups in total. The maximum Gasteiger partial charge on any atom is 0.471 e. The average molecular weight is 424 g/mol. The minimum Gasteiger partial charge on any atom is -0.390 e. The summed E-state index contributed by atoms with van der Waals surface area (Å²) in [5.41, 5.74) is -1.06. The van der Waals surface area contributed by atoms with E-state index >= 15 is 0 Å². The summed E-state index contributed by atoms with van der Waals surface area (Å²) >= 11 is 0. The summed E-state index contributed by atoms with van der Waals surface area (Å²) in [6.45, 7) is 1.54. The number of aliphatic hydroxyl groups excluding tert-OH is 2. The van der Waals surface area contributed by atoms with E-state index in [1.807, 2.05) is 0 Å². The zero-order valence-corrected chi connectivity index (χ0v) is 15.6. The molecule has 1 aliphatic carbocycles. The number of hydrogen-bond donors (Lipinski definition) is 3. The lowest BCUT2D eigenvalue weighted by Crippen LogP contribution is -2.63. The van der Waals surface area contributed by atoms with Gasteiger partial charge in [0.05, 0.1) is 44.6 Å². The number of halogens is 3. The van der Waals surface area contributed by atoms with Crippen molar-refractivity contribution in [3.8, 4) is 0 Å². The van der Waals surface area contributed by atoms with Gasteiger partial charge in [-0.2, -0.15) is 13.2 Å². The molecule has 2 saturated heterocycles. The molecule has 3 amide bonds. The van der Waals surface area contributed by atoms with Gasteiger partial charge in [-0.05, 0) is 6.42 Å². The molecular weight excluding hydrogens is 401 g/mol. The van der Waals surface area contributed by atoms with Gasteiger partial charge in [0.15, 0.2) is 0 Å². The van der Waals surface area contributed by atoms with E-state index in [9.17, 15) is 37.8 Å². The summed E-state index contributed by atoms with van der Waals surface area (Å²) in [5.74, 6) is -3.16. The predicted octanol–water partition coefficient (Wildman–Crippen LogP) is -1.04. The Hall–Kier alpha value is -1.76. The number of alkyl halides is 3. The number of carbonyl (C=O) groups excluding carboxylic acids is 3. The van der Waals surface area contributed by atoms with E-state index in [2.05, 4.69) is 0 Å². The molecule has 2 aliphatic heterocycles. The number of rotatable bonds is 6. The molecule has 0 aromatic heterocycles. The molecule has 2 bridgehead atoms. The second kappa shape index (κ2) is 7.82. The third-order valence-electron chi connectivity index (χ3n) is 5.79. The minimum absolute atomic E-state index is 0.00761. The van der Waals surface area contributed by atoms with Crippen molar-refractivity contribution in [2.75, 3.05) is 26.4 Å². The van der Waals surface area contributed by atoms with Crippen LogP contribution in [0.25, 0.3) is 0 Å². The van der Waals surface area contributed by atoms with Crippen LogP contribution in [0.4, 0.5) is 13.2 Å². The van der Waals surface area contributed by atoms with Crippen LogP contribution < -0.4 is 5.32 Å². The van der Waals surface area contributed by atoms with Crippen molar-refractivity contribution in [1.82, 2.24) is 10.2 Å². The SMILES string of the molecule is CC1CC(=O)N(CCOC[C@@]23CO[C@@H](C2)[C@@H](NC(=O)C(F)(F)F)[C@@H](O)[C@H]3O)C1=O. The summed E-state index contributed by atoms with van der Waals surface area (Å²) in [6, 6.07) is -1.41. The van der Waals surface area contributed by atoms with Crippen LogP contribution in [-0.4, -0.2) is 89.7 Å². The second-order valence-corrected chi connectivity index (χ2v) is 7.89. The van der Waals surface area contributed by atoms with Gasteiger partial charge in [-0.25, -0.2) is 0 Å². The van der Waals surface area contributed by atoms with Gasteiger partial charge >= 0.3 is 12.1 Å². The number of carbonyl (C=O) groups is 3. The van der Waals surface area contributed by atoms with Crippen molar-refractivity contribution in [3.05, 3.63) is 0 Å². The van der Waals surface area contributed by atoms with E-state index in [1.165, 1.54) is 0 Å². The number of hydrogen-bond acceptors (Lipinski definition) is 7. The first kappa shape index (κ1) is 21.9. The number of nitrogens with zero attached hydrogens (tertiary/aromatic N) is 1. The Morgan fingerprint density at radius 2 is 2.07 bits per heavy atom. The van der Waals surface area contributed by atoms with Crippen molar-refractivity contribution in [1.29, 1.82) is 0 Å². The Morgan fingerprint density at radius 3 is 2.66 bits per heavy atom. The van der Waals surface area contributed by atoms with Crippen LogP contribution in [0, 0.1) is 11.3 Å². The van der Waals surface area contributed by atoms with Crippen LogP contribution in [0.2, 0.25) is 0 Å². The average Bonchev–Trinajstić information content (AvgIpc) is 3.14. The van der Waals surface area contributed by atoms with E-state index in [0.717, 1.165) is 4.90 Å². The van der Waals surface area contributed by atoms with Crippen LogP contribution in [0.5, 0.6) is 0 Å². The first-order chi connectivity index (χ1) is 13.5. The molecule has 3 rings (SSSR count). The highest BCUT2D eigenvalue weighted by molar-refractivity contribution is 6.03. The number of aliphatic hydroxyl groups is 2. The van der Waals surface area contributed by atoms with Gasteiger partial charge in [0.1, 0.15) is 6.10 Å². The Morgan fingerprint density at radius 1 is 1.38 bits per heavy atom. The number of ether oxygens (including phenoxy) is 2. The maximum atomic E-state index is 12.5. The van der Waals surface area contributed by atoms with Gasteiger partial charge in [0, 0.05) is 17.8 Å². The third-order valence-corrected chi connectivity index (χ3v) is 5.79. The molecule has 164 valence electrons. The van der Waals surface area contributed by atoms with Gasteiger partial charge in [0.2, 0.25) is 11.8 Å². The maximum absolute atomic E-state index is 12.5. The highest BCUT2D eigenvalue weighted by atomic mass is 19.4. The van der Waals surface area contributed by atoms with Crippen molar-refractivity contribution < 1.29 is 47.2 Å². The lowest BCUT2D eigenvalue weighted by molar-refractivity contribution is -0.179. The molecule has 1 unspecified atom stereocenters. The fourth-order valence-electron chi connectivity index (χ4n) is 4.12. The highest BCUT2D eigenvalue weighted by Crippen LogP contribution is 2.44. The molecular formula is C17H23F3N2O7. The fraction of sp³-hybridized carbons (Fsp3) is 0.824. The lowest BCUT2D eigenvalue weighted by Gasteiger charge is -2.43. The smallest absolute Gasteiger partial charge is 0.390 e. The van der Waals surface area contributed by atoms with Crippen LogP contribution in [0.1, 0.15) is 19.8 Å². The van der Waals surface area contributed by atoms with Gasteiger partial charge in [-0.15, -0.1) is 0 Å². The summed E-state index contributed by atoms with van der Waals surface area (Å²) < 4.78 is 48.4. The van der Waals surface area contributed by atoms with Crippen molar-refractivity contribution in [2.24, 2.45) is 11.3 Å². The standard InChI is InChI=1S/C17H23F3N2O7/c1-8-4-10(23)22(14(8)26)2-3-28-6-16-5-9(29-7-16)11(12(24)13(16)25)21-15(27)17(18,19)20/h8-9,11-13,24-25H,2-7H2,1H3,(H,21,27)/t8?,9-,11+,12+,13+,16+/m0/s1. The van der Waals surface area contributed by atoms with E-state index < -0.39 is 41.9 Å². The third kappa shape index (κ3) is 4.11. The molecule has 9 nitrogen and oxygen atoms in total. The van der Waals surface area contributed by atoms with Crippen molar-refractivity contribution in [3.63, 3.8) is 0 Å². The fourth-order valence-corrected chi connectivity index (χ4v) is 4.12. The van der Waals surface area contributed by atoms with E-state index in [0.29, 0.717) is 0 Å². The van der Waals surface area contributed by atoms with Crippen LogP contribution in [-0.2, 0) is 23.9 Å². The van der Waals surface area contributed by atoms with E-state index in [-0.39, 0.29) is 56.9 Å². The quantitative estimate of drug-likeness (QED) is 0.367. The summed E-state index contributed by atoms with van der Waals surface area (Å²) in [4.78, 5) is 35.9. The molecule has 0 aromatic rings. The second-order valence-electron chi connectivity index (χ2n) is 7.89. The van der Waals surface area contributed by atoms with Gasteiger partial charge in [-0.3, -0.25) is 19.3 Å². The number of likely N-dealkylation sites (tertiary alicyclic amines) is 1. The first-order valence-electron chi connectivity index (χ1n) is 9.23. The van der Waals surface area contributed by atoms with E-state index in [1.54, 1.807) is 12.2 Å². The Bertz CT molecular complexity index is 688.